The lowest BCUT2D eigenvalue weighted by molar-refractivity contribution is 0.118. The maximum Gasteiger partial charge on any atom is 0.118 e. The first-order valence-corrected chi connectivity index (χ1v) is 9.09. The minimum Gasteiger partial charge on any atom is -0.497 e. The SMILES string of the molecule is COc1ccc(COCCCc2ccc(-c3ccccc3C#N)cc2)cc1. The topological polar surface area (TPSA) is 42.2 Å². The second-order valence-electron chi connectivity index (χ2n) is 6.36. The van der Waals surface area contributed by atoms with Crippen molar-refractivity contribution in [2.45, 2.75) is 19.4 Å². The molecule has 0 N–H and O–H groups in total. The highest BCUT2D eigenvalue weighted by atomic mass is 16.5. The van der Waals surface area contributed by atoms with Gasteiger partial charge in [0.15, 0.2) is 0 Å². The molecule has 0 aliphatic heterocycles. The summed E-state index contributed by atoms with van der Waals surface area (Å²) in [6.45, 7) is 1.35. The molecule has 0 aliphatic carbocycles. The van der Waals surface area contributed by atoms with Gasteiger partial charge in [0.25, 0.3) is 0 Å². The molecule has 0 bridgehead atoms. The molecule has 0 amide bonds. The van der Waals surface area contributed by atoms with Crippen LogP contribution in [0.25, 0.3) is 11.1 Å². The van der Waals surface area contributed by atoms with Crippen LogP contribution in [-0.2, 0) is 17.8 Å². The molecule has 0 radical (unpaired) electrons. The summed E-state index contributed by atoms with van der Waals surface area (Å²) in [5, 5.41) is 9.24. The Hall–Kier alpha value is -3.09. The predicted octanol–water partition coefficient (Wildman–Crippen LogP) is 5.38. The summed E-state index contributed by atoms with van der Waals surface area (Å²) in [6.07, 6.45) is 1.95. The Morgan fingerprint density at radius 1 is 0.852 bits per heavy atom. The van der Waals surface area contributed by atoms with E-state index in [1.165, 1.54) is 5.56 Å². The molecular weight excluding hydrogens is 334 g/mol. The van der Waals surface area contributed by atoms with Gasteiger partial charge in [0, 0.05) is 6.61 Å². The molecule has 0 heterocycles. The lowest BCUT2D eigenvalue weighted by Gasteiger charge is -2.07. The smallest absolute Gasteiger partial charge is 0.118 e. The van der Waals surface area contributed by atoms with Crippen LogP contribution in [0, 0.1) is 11.3 Å². The zero-order valence-corrected chi connectivity index (χ0v) is 15.5. The molecule has 0 saturated heterocycles. The fraction of sp³-hybridized carbons (Fsp3) is 0.208. The first-order valence-electron chi connectivity index (χ1n) is 9.09. The molecule has 3 aromatic carbocycles. The van der Waals surface area contributed by atoms with Crippen LogP contribution < -0.4 is 4.74 Å². The van der Waals surface area contributed by atoms with Gasteiger partial charge in [-0.1, -0.05) is 54.6 Å². The Bertz CT molecular complexity index is 893. The third-order valence-electron chi connectivity index (χ3n) is 4.49. The number of nitriles is 1. The number of hydrogen-bond acceptors (Lipinski definition) is 3. The summed E-state index contributed by atoms with van der Waals surface area (Å²) in [6, 6.07) is 26.3. The zero-order valence-electron chi connectivity index (χ0n) is 15.5. The molecule has 0 fully saturated rings. The van der Waals surface area contributed by atoms with Crippen LogP contribution in [0.5, 0.6) is 5.75 Å². The largest absolute Gasteiger partial charge is 0.497 e. The number of aryl methyl sites for hydroxylation is 1. The molecule has 0 aromatic heterocycles. The third kappa shape index (κ3) is 5.20. The fourth-order valence-electron chi connectivity index (χ4n) is 2.97. The number of rotatable bonds is 8. The molecule has 0 atom stereocenters. The average Bonchev–Trinajstić information content (AvgIpc) is 2.74. The molecule has 3 rings (SSSR count). The van der Waals surface area contributed by atoms with Crippen molar-refractivity contribution in [3.8, 4) is 22.9 Å². The zero-order chi connectivity index (χ0) is 18.9. The molecule has 0 saturated carbocycles. The second kappa shape index (κ2) is 9.56. The van der Waals surface area contributed by atoms with Gasteiger partial charge in [-0.25, -0.2) is 0 Å². The Morgan fingerprint density at radius 3 is 2.26 bits per heavy atom. The first kappa shape index (κ1) is 18.7. The third-order valence-corrected chi connectivity index (χ3v) is 4.49. The van der Waals surface area contributed by atoms with Crippen LogP contribution in [0.15, 0.2) is 72.8 Å². The van der Waals surface area contributed by atoms with Crippen molar-refractivity contribution in [3.63, 3.8) is 0 Å². The quantitative estimate of drug-likeness (QED) is 0.508. The van der Waals surface area contributed by atoms with Gasteiger partial charge in [-0.15, -0.1) is 0 Å². The van der Waals surface area contributed by atoms with E-state index in [-0.39, 0.29) is 0 Å². The molecule has 0 spiro atoms. The van der Waals surface area contributed by atoms with E-state index in [0.717, 1.165) is 41.9 Å². The molecule has 3 heteroatoms. The summed E-state index contributed by atoms with van der Waals surface area (Å²) in [7, 11) is 1.67. The lowest BCUT2D eigenvalue weighted by Crippen LogP contribution is -1.98. The minimum absolute atomic E-state index is 0.619. The highest BCUT2D eigenvalue weighted by Crippen LogP contribution is 2.23. The highest BCUT2D eigenvalue weighted by molar-refractivity contribution is 5.70. The van der Waals surface area contributed by atoms with Crippen molar-refractivity contribution in [2.24, 2.45) is 0 Å². The van der Waals surface area contributed by atoms with Crippen LogP contribution in [0.3, 0.4) is 0 Å². The summed E-state index contributed by atoms with van der Waals surface area (Å²) in [5.41, 5.74) is 5.19. The molecule has 3 aromatic rings. The Morgan fingerprint density at radius 2 is 1.56 bits per heavy atom. The van der Waals surface area contributed by atoms with Crippen LogP contribution >= 0.6 is 0 Å². The number of nitrogens with zero attached hydrogens (tertiary/aromatic N) is 1. The predicted molar refractivity (Wildman–Crippen MR) is 108 cm³/mol. The standard InChI is InChI=1S/C24H23NO2/c1-26-23-14-10-20(11-15-23)18-27-16-4-5-19-8-12-21(13-9-19)24-7-3-2-6-22(24)17-25/h2-3,6-15H,4-5,16,18H2,1H3. The van der Waals surface area contributed by atoms with Crippen LogP contribution in [0.2, 0.25) is 0 Å². The normalized spacial score (nSPS) is 10.4. The summed E-state index contributed by atoms with van der Waals surface area (Å²) >= 11 is 0. The molecule has 136 valence electrons. The van der Waals surface area contributed by atoms with Crippen LogP contribution in [0.1, 0.15) is 23.1 Å². The summed E-state index contributed by atoms with van der Waals surface area (Å²) < 4.78 is 10.9. The van der Waals surface area contributed by atoms with Crippen molar-refractivity contribution < 1.29 is 9.47 Å². The van der Waals surface area contributed by atoms with Crippen LogP contribution in [-0.4, -0.2) is 13.7 Å². The van der Waals surface area contributed by atoms with Crippen molar-refractivity contribution in [3.05, 3.63) is 89.5 Å². The van der Waals surface area contributed by atoms with E-state index in [0.29, 0.717) is 12.2 Å². The van der Waals surface area contributed by atoms with Crippen molar-refractivity contribution >= 4 is 0 Å². The molecule has 0 aliphatic rings. The van der Waals surface area contributed by atoms with E-state index in [1.807, 2.05) is 48.5 Å². The fourth-order valence-corrected chi connectivity index (χ4v) is 2.97. The Balaban J connectivity index is 1.45. The van der Waals surface area contributed by atoms with Gasteiger partial charge in [0.1, 0.15) is 5.75 Å². The number of hydrogen-bond donors (Lipinski definition) is 0. The van der Waals surface area contributed by atoms with Crippen molar-refractivity contribution in [1.29, 1.82) is 5.26 Å². The Kier molecular flexibility index (Phi) is 6.62. The number of methoxy groups -OCH3 is 1. The van der Waals surface area contributed by atoms with Gasteiger partial charge < -0.3 is 9.47 Å². The molecule has 3 nitrogen and oxygen atoms in total. The number of ether oxygens (including phenoxy) is 2. The average molecular weight is 357 g/mol. The van der Waals surface area contributed by atoms with Gasteiger partial charge in [-0.05, 0) is 53.3 Å². The van der Waals surface area contributed by atoms with E-state index in [1.54, 1.807) is 7.11 Å². The van der Waals surface area contributed by atoms with E-state index >= 15 is 0 Å². The van der Waals surface area contributed by atoms with Gasteiger partial charge in [-0.2, -0.15) is 5.26 Å². The van der Waals surface area contributed by atoms with E-state index < -0.39 is 0 Å². The van der Waals surface area contributed by atoms with Crippen molar-refractivity contribution in [2.75, 3.05) is 13.7 Å². The van der Waals surface area contributed by atoms with Gasteiger partial charge >= 0.3 is 0 Å². The maximum atomic E-state index is 9.24. The van der Waals surface area contributed by atoms with E-state index in [4.69, 9.17) is 9.47 Å². The highest BCUT2D eigenvalue weighted by Gasteiger charge is 2.04. The van der Waals surface area contributed by atoms with Gasteiger partial charge in [0.2, 0.25) is 0 Å². The Labute approximate surface area is 160 Å². The number of benzene rings is 3. The first-order chi connectivity index (χ1) is 13.3. The lowest BCUT2D eigenvalue weighted by atomic mass is 9.98. The van der Waals surface area contributed by atoms with E-state index in [2.05, 4.69) is 30.3 Å². The van der Waals surface area contributed by atoms with Gasteiger partial charge in [0.05, 0.1) is 25.3 Å². The summed E-state index contributed by atoms with van der Waals surface area (Å²) in [4.78, 5) is 0. The molecular formula is C24H23NO2. The maximum absolute atomic E-state index is 9.24. The van der Waals surface area contributed by atoms with E-state index in [9.17, 15) is 5.26 Å². The van der Waals surface area contributed by atoms with Gasteiger partial charge in [-0.3, -0.25) is 0 Å². The summed E-state index contributed by atoms with van der Waals surface area (Å²) in [5.74, 6) is 0.861. The second-order valence-corrected chi connectivity index (χ2v) is 6.36. The minimum atomic E-state index is 0.619. The molecule has 27 heavy (non-hydrogen) atoms. The monoisotopic (exact) mass is 357 g/mol. The van der Waals surface area contributed by atoms with Crippen molar-refractivity contribution in [1.82, 2.24) is 0 Å². The molecule has 0 unspecified atom stereocenters. The van der Waals surface area contributed by atoms with Crippen LogP contribution in [0.4, 0.5) is 0 Å².